The van der Waals surface area contributed by atoms with Gasteiger partial charge in [0, 0.05) is 11.1 Å². The second-order valence-corrected chi connectivity index (χ2v) is 8.88. The number of carbonyl (C=O) groups excluding carboxylic acids is 2. The van der Waals surface area contributed by atoms with Crippen molar-refractivity contribution in [2.24, 2.45) is 17.4 Å². The lowest BCUT2D eigenvalue weighted by Crippen LogP contribution is -2.38. The molecule has 1 aliphatic rings. The first kappa shape index (κ1) is 20.1. The van der Waals surface area contributed by atoms with Gasteiger partial charge in [-0.1, -0.05) is 57.2 Å². The van der Waals surface area contributed by atoms with Crippen LogP contribution in [0.25, 0.3) is 0 Å². The Hall–Kier alpha value is -2.62. The lowest BCUT2D eigenvalue weighted by Gasteiger charge is -2.45. The van der Waals surface area contributed by atoms with Gasteiger partial charge in [0.2, 0.25) is 11.8 Å². The quantitative estimate of drug-likeness (QED) is 0.812. The van der Waals surface area contributed by atoms with Crippen LogP contribution in [0.2, 0.25) is 0 Å². The zero-order chi connectivity index (χ0) is 20.5. The van der Waals surface area contributed by atoms with Crippen LogP contribution in [0.3, 0.4) is 0 Å². The average molecular weight is 379 g/mol. The van der Waals surface area contributed by atoms with Crippen LogP contribution in [-0.2, 0) is 10.8 Å². The third kappa shape index (κ3) is 3.56. The van der Waals surface area contributed by atoms with E-state index in [0.717, 1.165) is 36.8 Å². The van der Waals surface area contributed by atoms with Crippen molar-refractivity contribution in [3.8, 4) is 0 Å². The van der Waals surface area contributed by atoms with Crippen molar-refractivity contribution in [1.29, 1.82) is 0 Å². The van der Waals surface area contributed by atoms with Crippen molar-refractivity contribution in [2.75, 3.05) is 0 Å². The maximum Gasteiger partial charge on any atom is 0.248 e. The fraction of sp³-hybridized carbons (Fsp3) is 0.417. The smallest absolute Gasteiger partial charge is 0.248 e. The molecule has 2 aromatic rings. The highest BCUT2D eigenvalue weighted by Gasteiger charge is 2.41. The van der Waals surface area contributed by atoms with Gasteiger partial charge in [-0.25, -0.2) is 0 Å². The number of benzene rings is 2. The molecule has 0 heterocycles. The molecule has 0 spiro atoms. The molecule has 4 heteroatoms. The lowest BCUT2D eigenvalue weighted by atomic mass is 9.59. The molecule has 3 rings (SSSR count). The van der Waals surface area contributed by atoms with Crippen molar-refractivity contribution in [3.05, 3.63) is 70.8 Å². The molecule has 4 nitrogen and oxygen atoms in total. The molecule has 0 aromatic heterocycles. The van der Waals surface area contributed by atoms with Crippen LogP contribution in [0.1, 0.15) is 78.3 Å². The summed E-state index contributed by atoms with van der Waals surface area (Å²) in [6.07, 6.45) is 3.99. The van der Waals surface area contributed by atoms with Gasteiger partial charge in [-0.2, -0.15) is 0 Å². The number of carbonyl (C=O) groups is 2. The highest BCUT2D eigenvalue weighted by Crippen LogP contribution is 2.48. The lowest BCUT2D eigenvalue weighted by molar-refractivity contribution is 0.0990. The summed E-state index contributed by atoms with van der Waals surface area (Å²) in [5, 5.41) is 0. The maximum absolute atomic E-state index is 11.9. The topological polar surface area (TPSA) is 86.2 Å². The molecular weight excluding hydrogens is 348 g/mol. The van der Waals surface area contributed by atoms with Crippen molar-refractivity contribution in [2.45, 2.75) is 57.3 Å². The van der Waals surface area contributed by atoms with E-state index in [-0.39, 0.29) is 22.6 Å². The molecule has 2 aromatic carbocycles. The molecule has 28 heavy (non-hydrogen) atoms. The van der Waals surface area contributed by atoms with Gasteiger partial charge in [-0.05, 0) is 65.7 Å². The molecule has 1 fully saturated rings. The molecular formula is C24H30N2O2. The summed E-state index contributed by atoms with van der Waals surface area (Å²) in [5.41, 5.74) is 14.3. The molecule has 2 amide bonds. The van der Waals surface area contributed by atoms with Gasteiger partial charge in [0.15, 0.2) is 0 Å². The Kier molecular flexibility index (Phi) is 5.33. The summed E-state index contributed by atoms with van der Waals surface area (Å²) in [7, 11) is 0. The number of primary amides is 2. The predicted molar refractivity (Wildman–Crippen MR) is 112 cm³/mol. The third-order valence-corrected chi connectivity index (χ3v) is 6.84. The van der Waals surface area contributed by atoms with E-state index in [4.69, 9.17) is 11.5 Å². The van der Waals surface area contributed by atoms with Crippen LogP contribution < -0.4 is 11.5 Å². The van der Waals surface area contributed by atoms with E-state index in [9.17, 15) is 9.59 Å². The Bertz CT molecular complexity index is 893. The average Bonchev–Trinajstić information content (AvgIpc) is 2.68. The summed E-state index contributed by atoms with van der Waals surface area (Å²) in [6, 6.07) is 15.4. The van der Waals surface area contributed by atoms with Crippen LogP contribution in [0.4, 0.5) is 0 Å². The van der Waals surface area contributed by atoms with E-state index >= 15 is 0 Å². The van der Waals surface area contributed by atoms with Crippen LogP contribution in [0.15, 0.2) is 48.5 Å². The summed E-state index contributed by atoms with van der Waals surface area (Å²) < 4.78 is 0. The molecule has 0 saturated heterocycles. The first-order valence-electron chi connectivity index (χ1n) is 9.95. The third-order valence-electron chi connectivity index (χ3n) is 6.84. The fourth-order valence-electron chi connectivity index (χ4n) is 4.95. The number of rotatable bonds is 5. The van der Waals surface area contributed by atoms with Crippen LogP contribution in [-0.4, -0.2) is 11.8 Å². The largest absolute Gasteiger partial charge is 0.366 e. The molecule has 1 aliphatic carbocycles. The number of nitrogens with two attached hydrogens (primary N) is 2. The molecule has 0 unspecified atom stereocenters. The Morgan fingerprint density at radius 3 is 1.96 bits per heavy atom. The first-order valence-corrected chi connectivity index (χ1v) is 9.95. The second kappa shape index (κ2) is 7.42. The van der Waals surface area contributed by atoms with E-state index in [1.807, 2.05) is 48.5 Å². The molecule has 0 aliphatic heterocycles. The van der Waals surface area contributed by atoms with E-state index in [2.05, 4.69) is 20.8 Å². The van der Waals surface area contributed by atoms with Gasteiger partial charge >= 0.3 is 0 Å². The highest BCUT2D eigenvalue weighted by atomic mass is 16.1. The highest BCUT2D eigenvalue weighted by molar-refractivity contribution is 5.95. The summed E-state index contributed by atoms with van der Waals surface area (Å²) in [6.45, 7) is 6.65. The van der Waals surface area contributed by atoms with Crippen molar-refractivity contribution >= 4 is 11.8 Å². The van der Waals surface area contributed by atoms with Crippen molar-refractivity contribution in [3.63, 3.8) is 0 Å². The van der Waals surface area contributed by atoms with Gasteiger partial charge in [0.25, 0.3) is 0 Å². The molecule has 1 saturated carbocycles. The fourth-order valence-corrected chi connectivity index (χ4v) is 4.95. The van der Waals surface area contributed by atoms with E-state index in [1.165, 1.54) is 0 Å². The van der Waals surface area contributed by atoms with Crippen molar-refractivity contribution in [1.82, 2.24) is 0 Å². The molecule has 0 bridgehead atoms. The van der Waals surface area contributed by atoms with Crippen LogP contribution in [0.5, 0.6) is 0 Å². The summed E-state index contributed by atoms with van der Waals surface area (Å²) in [4.78, 5) is 23.8. The Morgan fingerprint density at radius 2 is 1.39 bits per heavy atom. The van der Waals surface area contributed by atoms with Gasteiger partial charge < -0.3 is 11.5 Å². The molecule has 4 N–H and O–H groups in total. The Labute approximate surface area is 167 Å². The minimum absolute atomic E-state index is 0.0680. The monoisotopic (exact) mass is 378 g/mol. The van der Waals surface area contributed by atoms with Gasteiger partial charge in [0.1, 0.15) is 0 Å². The Morgan fingerprint density at radius 1 is 0.893 bits per heavy atom. The minimum atomic E-state index is -0.375. The van der Waals surface area contributed by atoms with E-state index in [0.29, 0.717) is 17.0 Å². The second-order valence-electron chi connectivity index (χ2n) is 8.88. The van der Waals surface area contributed by atoms with Gasteiger partial charge in [-0.15, -0.1) is 0 Å². The predicted octanol–water partition coefficient (Wildman–Crippen LogP) is 4.31. The number of hydrogen-bond acceptors (Lipinski definition) is 2. The van der Waals surface area contributed by atoms with Crippen molar-refractivity contribution < 1.29 is 9.59 Å². The normalized spacial score (nSPS) is 22.6. The molecule has 0 radical (unpaired) electrons. The zero-order valence-corrected chi connectivity index (χ0v) is 17.0. The van der Waals surface area contributed by atoms with Crippen LogP contribution in [0, 0.1) is 5.92 Å². The van der Waals surface area contributed by atoms with Crippen LogP contribution >= 0.6 is 0 Å². The number of hydrogen-bond donors (Lipinski definition) is 2. The Balaban J connectivity index is 1.86. The zero-order valence-electron chi connectivity index (χ0n) is 17.0. The SMILES string of the molecule is CC1(c2ccccc2C(N)=O)CCC(C(C)(C)c2ccccc2C(N)=O)CC1. The number of amides is 2. The first-order chi connectivity index (χ1) is 13.2. The minimum Gasteiger partial charge on any atom is -0.366 e. The molecule has 148 valence electrons. The maximum atomic E-state index is 11.9. The molecule has 0 atom stereocenters. The standard InChI is InChI=1S/C24H30N2O2/c1-23(2,19-10-6-4-8-17(19)21(25)27)16-12-14-24(3,15-13-16)20-11-7-5-9-18(20)22(26)28/h4-11,16H,12-15H2,1-3H3,(H2,25,27)(H2,26,28). The summed E-state index contributed by atoms with van der Waals surface area (Å²) in [5.74, 6) is -0.309. The van der Waals surface area contributed by atoms with E-state index in [1.54, 1.807) is 0 Å². The van der Waals surface area contributed by atoms with Gasteiger partial charge in [0.05, 0.1) is 0 Å². The van der Waals surface area contributed by atoms with E-state index < -0.39 is 0 Å². The van der Waals surface area contributed by atoms with Gasteiger partial charge in [-0.3, -0.25) is 9.59 Å². The summed E-state index contributed by atoms with van der Waals surface area (Å²) >= 11 is 0.